The molecule has 2 heterocycles. The van der Waals surface area contributed by atoms with Crippen molar-refractivity contribution in [2.45, 2.75) is 57.4 Å². The fraction of sp³-hybridized carbons (Fsp3) is 0.722. The summed E-state index contributed by atoms with van der Waals surface area (Å²) in [5.41, 5.74) is 0.792. The first kappa shape index (κ1) is 17.0. The zero-order chi connectivity index (χ0) is 16.9. The zero-order valence-corrected chi connectivity index (χ0v) is 14.5. The minimum atomic E-state index is -0.0876. The first-order valence-electron chi connectivity index (χ1n) is 9.19. The number of nitrogens with one attached hydrogen (secondary N) is 1. The molecule has 1 saturated carbocycles. The van der Waals surface area contributed by atoms with Gasteiger partial charge in [0.2, 0.25) is 5.91 Å². The summed E-state index contributed by atoms with van der Waals surface area (Å²) < 4.78 is 1.34. The highest BCUT2D eigenvalue weighted by Crippen LogP contribution is 2.26. The quantitative estimate of drug-likeness (QED) is 0.913. The SMILES string of the molecule is Cn1ncc(N2CCC(NC(=O)CC3CCCCC3)CC2)cc1=O. The van der Waals surface area contributed by atoms with Crippen LogP contribution in [0.5, 0.6) is 0 Å². The normalized spacial score (nSPS) is 20.1. The van der Waals surface area contributed by atoms with Gasteiger partial charge in [-0.1, -0.05) is 19.3 Å². The maximum Gasteiger partial charge on any atom is 0.268 e. The lowest BCUT2D eigenvalue weighted by atomic mass is 9.86. The molecule has 6 heteroatoms. The van der Waals surface area contributed by atoms with E-state index in [4.69, 9.17) is 0 Å². The van der Waals surface area contributed by atoms with Crippen molar-refractivity contribution in [2.75, 3.05) is 18.0 Å². The van der Waals surface area contributed by atoms with Gasteiger partial charge < -0.3 is 10.2 Å². The molecule has 2 aliphatic rings. The molecule has 1 N–H and O–H groups in total. The molecule has 6 nitrogen and oxygen atoms in total. The fourth-order valence-electron chi connectivity index (χ4n) is 3.85. The van der Waals surface area contributed by atoms with Crippen molar-refractivity contribution in [1.29, 1.82) is 0 Å². The van der Waals surface area contributed by atoms with E-state index in [1.807, 2.05) is 0 Å². The van der Waals surface area contributed by atoms with Crippen LogP contribution < -0.4 is 15.8 Å². The molecule has 1 aromatic heterocycles. The summed E-state index contributed by atoms with van der Waals surface area (Å²) in [6.07, 6.45) is 10.6. The van der Waals surface area contributed by atoms with Gasteiger partial charge in [0, 0.05) is 38.7 Å². The number of piperidine rings is 1. The van der Waals surface area contributed by atoms with Gasteiger partial charge in [0.05, 0.1) is 11.9 Å². The van der Waals surface area contributed by atoms with E-state index in [-0.39, 0.29) is 17.5 Å². The molecule has 0 spiro atoms. The number of carbonyl (C=O) groups is 1. The summed E-state index contributed by atoms with van der Waals surface area (Å²) in [7, 11) is 1.65. The number of hydrogen-bond donors (Lipinski definition) is 1. The van der Waals surface area contributed by atoms with E-state index in [0.29, 0.717) is 12.3 Å². The van der Waals surface area contributed by atoms with Gasteiger partial charge in [-0.25, -0.2) is 4.68 Å². The lowest BCUT2D eigenvalue weighted by molar-refractivity contribution is -0.123. The van der Waals surface area contributed by atoms with Crippen molar-refractivity contribution in [1.82, 2.24) is 15.1 Å². The number of aryl methyl sites for hydroxylation is 1. The molecule has 1 aromatic rings. The smallest absolute Gasteiger partial charge is 0.268 e. The predicted octanol–water partition coefficient (Wildman–Crippen LogP) is 1.84. The van der Waals surface area contributed by atoms with E-state index in [0.717, 1.165) is 31.6 Å². The highest BCUT2D eigenvalue weighted by molar-refractivity contribution is 5.76. The van der Waals surface area contributed by atoms with Crippen molar-refractivity contribution in [3.63, 3.8) is 0 Å². The molecule has 3 rings (SSSR count). The number of anilines is 1. The van der Waals surface area contributed by atoms with E-state index in [1.165, 1.54) is 36.8 Å². The largest absolute Gasteiger partial charge is 0.370 e. The van der Waals surface area contributed by atoms with Crippen molar-refractivity contribution < 1.29 is 4.79 Å². The Morgan fingerprint density at radius 2 is 1.92 bits per heavy atom. The van der Waals surface area contributed by atoms with Crippen LogP contribution in [-0.4, -0.2) is 34.8 Å². The molecule has 24 heavy (non-hydrogen) atoms. The first-order valence-corrected chi connectivity index (χ1v) is 9.19. The molecule has 0 bridgehead atoms. The third-order valence-electron chi connectivity index (χ3n) is 5.38. The van der Waals surface area contributed by atoms with Gasteiger partial charge in [-0.3, -0.25) is 9.59 Å². The monoisotopic (exact) mass is 332 g/mol. The van der Waals surface area contributed by atoms with Crippen molar-refractivity contribution in [3.05, 3.63) is 22.6 Å². The Bertz CT molecular complexity index is 614. The number of rotatable bonds is 4. The molecular weight excluding hydrogens is 304 g/mol. The van der Waals surface area contributed by atoms with E-state index in [1.54, 1.807) is 19.3 Å². The van der Waals surface area contributed by atoms with Crippen LogP contribution in [0, 0.1) is 5.92 Å². The molecule has 2 fully saturated rings. The van der Waals surface area contributed by atoms with Crippen LogP contribution in [0.3, 0.4) is 0 Å². The predicted molar refractivity (Wildman–Crippen MR) is 94.0 cm³/mol. The Balaban J connectivity index is 1.45. The second-order valence-electron chi connectivity index (χ2n) is 7.21. The van der Waals surface area contributed by atoms with Gasteiger partial charge in [0.15, 0.2) is 0 Å². The number of nitrogens with zero attached hydrogens (tertiary/aromatic N) is 3. The third-order valence-corrected chi connectivity index (χ3v) is 5.38. The van der Waals surface area contributed by atoms with E-state index < -0.39 is 0 Å². The standard InChI is InChI=1S/C18H28N4O2/c1-21-18(24)12-16(13-19-21)22-9-7-15(8-10-22)20-17(23)11-14-5-3-2-4-6-14/h12-15H,2-11H2,1H3,(H,20,23). The number of carbonyl (C=O) groups excluding carboxylic acids is 1. The second kappa shape index (κ2) is 7.81. The van der Waals surface area contributed by atoms with Gasteiger partial charge in [0.25, 0.3) is 5.56 Å². The Kier molecular flexibility index (Phi) is 5.53. The average Bonchev–Trinajstić information content (AvgIpc) is 2.59. The Morgan fingerprint density at radius 1 is 1.21 bits per heavy atom. The van der Waals surface area contributed by atoms with Crippen LogP contribution in [-0.2, 0) is 11.8 Å². The number of amides is 1. The van der Waals surface area contributed by atoms with Crippen molar-refractivity contribution in [3.8, 4) is 0 Å². The van der Waals surface area contributed by atoms with E-state index in [2.05, 4.69) is 15.3 Å². The maximum absolute atomic E-state index is 12.2. The highest BCUT2D eigenvalue weighted by Gasteiger charge is 2.23. The Labute approximate surface area is 143 Å². The molecular formula is C18H28N4O2. The lowest BCUT2D eigenvalue weighted by Gasteiger charge is -2.34. The first-order chi connectivity index (χ1) is 11.6. The summed E-state index contributed by atoms with van der Waals surface area (Å²) in [6, 6.07) is 1.89. The molecule has 0 radical (unpaired) electrons. The van der Waals surface area contributed by atoms with Gasteiger partial charge in [-0.05, 0) is 31.6 Å². The van der Waals surface area contributed by atoms with Crippen LogP contribution in [0.1, 0.15) is 51.4 Å². The topological polar surface area (TPSA) is 67.2 Å². The van der Waals surface area contributed by atoms with E-state index >= 15 is 0 Å². The van der Waals surface area contributed by atoms with Gasteiger partial charge in [0.1, 0.15) is 0 Å². The van der Waals surface area contributed by atoms with Gasteiger partial charge in [-0.15, -0.1) is 0 Å². The number of aromatic nitrogens is 2. The summed E-state index contributed by atoms with van der Waals surface area (Å²) in [5, 5.41) is 7.29. The maximum atomic E-state index is 12.2. The molecule has 1 aliphatic heterocycles. The van der Waals surface area contributed by atoms with Crippen LogP contribution in [0.4, 0.5) is 5.69 Å². The molecule has 132 valence electrons. The highest BCUT2D eigenvalue weighted by atomic mass is 16.1. The van der Waals surface area contributed by atoms with Crippen LogP contribution >= 0.6 is 0 Å². The molecule has 0 atom stereocenters. The summed E-state index contributed by atoms with van der Waals surface area (Å²) in [6.45, 7) is 1.70. The molecule has 1 amide bonds. The molecule has 1 aliphatic carbocycles. The molecule has 1 saturated heterocycles. The number of hydrogen-bond acceptors (Lipinski definition) is 4. The second-order valence-corrected chi connectivity index (χ2v) is 7.21. The van der Waals surface area contributed by atoms with Crippen molar-refractivity contribution in [2.24, 2.45) is 13.0 Å². The fourth-order valence-corrected chi connectivity index (χ4v) is 3.85. The summed E-state index contributed by atoms with van der Waals surface area (Å²) in [4.78, 5) is 26.1. The Hall–Kier alpha value is -1.85. The van der Waals surface area contributed by atoms with Gasteiger partial charge in [-0.2, -0.15) is 5.10 Å². The minimum Gasteiger partial charge on any atom is -0.370 e. The minimum absolute atomic E-state index is 0.0876. The van der Waals surface area contributed by atoms with Crippen LogP contribution in [0.2, 0.25) is 0 Å². The Morgan fingerprint density at radius 3 is 2.58 bits per heavy atom. The summed E-state index contributed by atoms with van der Waals surface area (Å²) in [5.74, 6) is 0.807. The zero-order valence-electron chi connectivity index (χ0n) is 14.5. The molecule has 0 unspecified atom stereocenters. The van der Waals surface area contributed by atoms with E-state index in [9.17, 15) is 9.59 Å². The third kappa shape index (κ3) is 4.36. The van der Waals surface area contributed by atoms with Gasteiger partial charge >= 0.3 is 0 Å². The van der Waals surface area contributed by atoms with Crippen LogP contribution in [0.15, 0.2) is 17.1 Å². The average molecular weight is 332 g/mol. The van der Waals surface area contributed by atoms with Crippen molar-refractivity contribution >= 4 is 11.6 Å². The van der Waals surface area contributed by atoms with Crippen LogP contribution in [0.25, 0.3) is 0 Å². The summed E-state index contributed by atoms with van der Waals surface area (Å²) >= 11 is 0. The molecule has 0 aromatic carbocycles. The lowest BCUT2D eigenvalue weighted by Crippen LogP contribution is -2.45.